The molecule has 148 valence electrons. The number of rotatable bonds is 7. The Morgan fingerprint density at radius 2 is 2.00 bits per heavy atom. The van der Waals surface area contributed by atoms with Gasteiger partial charge in [-0.3, -0.25) is 24.9 Å². The molecule has 0 atom stereocenters. The first-order chi connectivity index (χ1) is 13.5. The zero-order chi connectivity index (χ0) is 20.3. The Hall–Kier alpha value is -3.00. The van der Waals surface area contributed by atoms with E-state index in [9.17, 15) is 10.0 Å². The number of hydrogen-bond acceptors (Lipinski definition) is 6. The topological polar surface area (TPSA) is 99.4 Å². The predicted octanol–water partition coefficient (Wildman–Crippen LogP) is 2.73. The van der Waals surface area contributed by atoms with E-state index in [4.69, 9.17) is 0 Å². The van der Waals surface area contributed by atoms with E-state index in [0.717, 1.165) is 43.0 Å². The van der Waals surface area contributed by atoms with Gasteiger partial charge in [-0.2, -0.15) is 0 Å². The number of nitrogens with one attached hydrogen (secondary N) is 1. The van der Waals surface area contributed by atoms with E-state index in [2.05, 4.69) is 38.8 Å². The van der Waals surface area contributed by atoms with E-state index in [1.807, 2.05) is 13.8 Å². The molecule has 0 radical (unpaired) electrons. The van der Waals surface area contributed by atoms with Crippen molar-refractivity contribution in [3.05, 3.63) is 51.4 Å². The lowest BCUT2D eigenvalue weighted by molar-refractivity contribution is 0.140. The lowest BCUT2D eigenvalue weighted by atomic mass is 10.0. The van der Waals surface area contributed by atoms with Crippen LogP contribution in [0, 0.1) is 0 Å². The van der Waals surface area contributed by atoms with Crippen molar-refractivity contribution in [3.8, 4) is 11.4 Å². The number of allylic oxidation sites excluding steroid dienone is 1. The number of aromatic nitrogens is 4. The second kappa shape index (κ2) is 8.35. The average Bonchev–Trinajstić information content (AvgIpc) is 3.14. The highest BCUT2D eigenvalue weighted by molar-refractivity contribution is 6.04. The Bertz CT molecular complexity index is 993. The number of H-pyrrole nitrogens is 1. The summed E-state index contributed by atoms with van der Waals surface area (Å²) >= 11 is 0. The molecule has 1 aliphatic rings. The molecular weight excluding hydrogens is 356 g/mol. The zero-order valence-corrected chi connectivity index (χ0v) is 16.7. The molecule has 3 rings (SSSR count). The molecule has 0 saturated carbocycles. The van der Waals surface area contributed by atoms with E-state index < -0.39 is 5.56 Å². The average molecular weight is 382 g/mol. The SMILES string of the molecule is CCN(CC)CCC1=C(C)C(=Cc2c(-c3cnccn3)[nH]n(O)c2=O)N=C1C. The molecule has 0 aliphatic carbocycles. The number of nitrogens with zero attached hydrogens (tertiary/aromatic N) is 5. The van der Waals surface area contributed by atoms with Crippen molar-refractivity contribution in [1.82, 2.24) is 24.8 Å². The minimum atomic E-state index is -0.551. The highest BCUT2D eigenvalue weighted by Crippen LogP contribution is 2.30. The Balaban J connectivity index is 1.98. The summed E-state index contributed by atoms with van der Waals surface area (Å²) in [4.78, 5) is 28.2. The maximum atomic E-state index is 12.4. The molecule has 2 N–H and O–H groups in total. The largest absolute Gasteiger partial charge is 0.410 e. The molecule has 0 unspecified atom stereocenters. The Labute approximate surface area is 163 Å². The third kappa shape index (κ3) is 3.82. The summed E-state index contributed by atoms with van der Waals surface area (Å²) < 4.78 is 0. The van der Waals surface area contributed by atoms with Gasteiger partial charge in [-0.05, 0) is 50.6 Å². The normalized spacial score (nSPS) is 15.8. The lowest BCUT2D eigenvalue weighted by Gasteiger charge is -2.18. The summed E-state index contributed by atoms with van der Waals surface area (Å²) in [5.41, 5.74) is 4.60. The van der Waals surface area contributed by atoms with Gasteiger partial charge in [0.15, 0.2) is 0 Å². The summed E-state index contributed by atoms with van der Waals surface area (Å²) in [7, 11) is 0. The van der Waals surface area contributed by atoms with Crippen molar-refractivity contribution in [2.24, 2.45) is 4.99 Å². The van der Waals surface area contributed by atoms with Crippen LogP contribution in [-0.4, -0.2) is 55.4 Å². The van der Waals surface area contributed by atoms with E-state index in [1.165, 1.54) is 18.0 Å². The molecule has 0 spiro atoms. The molecule has 0 aromatic carbocycles. The van der Waals surface area contributed by atoms with Crippen molar-refractivity contribution in [3.63, 3.8) is 0 Å². The molecule has 8 heteroatoms. The second-order valence-corrected chi connectivity index (χ2v) is 6.72. The Morgan fingerprint density at radius 1 is 1.25 bits per heavy atom. The van der Waals surface area contributed by atoms with Gasteiger partial charge in [0.25, 0.3) is 0 Å². The molecule has 8 nitrogen and oxygen atoms in total. The van der Waals surface area contributed by atoms with Gasteiger partial charge < -0.3 is 10.1 Å². The molecule has 28 heavy (non-hydrogen) atoms. The van der Waals surface area contributed by atoms with Crippen molar-refractivity contribution in [2.75, 3.05) is 19.6 Å². The monoisotopic (exact) mass is 382 g/mol. The third-order valence-corrected chi connectivity index (χ3v) is 5.14. The van der Waals surface area contributed by atoms with Crippen molar-refractivity contribution in [1.29, 1.82) is 0 Å². The Kier molecular flexibility index (Phi) is 5.89. The van der Waals surface area contributed by atoms with Crippen LogP contribution >= 0.6 is 0 Å². The smallest absolute Gasteiger partial charge is 0.310 e. The van der Waals surface area contributed by atoms with Crippen molar-refractivity contribution in [2.45, 2.75) is 34.1 Å². The zero-order valence-electron chi connectivity index (χ0n) is 16.7. The van der Waals surface area contributed by atoms with Gasteiger partial charge in [0.2, 0.25) is 0 Å². The summed E-state index contributed by atoms with van der Waals surface area (Å²) in [5.74, 6) is 0. The first-order valence-electron chi connectivity index (χ1n) is 9.46. The molecule has 0 saturated heterocycles. The van der Waals surface area contributed by atoms with Gasteiger partial charge >= 0.3 is 5.56 Å². The standard InChI is InChI=1S/C20H26N6O2/c1-5-25(6-2)10-7-15-13(3)17(23-14(15)4)11-16-19(24-26(28)20(16)27)18-12-21-8-9-22-18/h8-9,11-12,24,28H,5-7,10H2,1-4H3. The molecule has 0 bridgehead atoms. The molecule has 3 heterocycles. The highest BCUT2D eigenvalue weighted by Gasteiger charge is 2.21. The minimum Gasteiger partial charge on any atom is -0.410 e. The molecule has 2 aromatic heterocycles. The Morgan fingerprint density at radius 3 is 2.64 bits per heavy atom. The fourth-order valence-electron chi connectivity index (χ4n) is 3.41. The maximum Gasteiger partial charge on any atom is 0.310 e. The van der Waals surface area contributed by atoms with Crippen LogP contribution in [0.1, 0.15) is 39.7 Å². The summed E-state index contributed by atoms with van der Waals surface area (Å²) in [6.45, 7) is 11.3. The van der Waals surface area contributed by atoms with Gasteiger partial charge in [0.1, 0.15) is 5.69 Å². The van der Waals surface area contributed by atoms with Crippen LogP contribution in [0.3, 0.4) is 0 Å². The van der Waals surface area contributed by atoms with E-state index in [1.54, 1.807) is 12.3 Å². The number of hydrogen-bond donors (Lipinski definition) is 2. The van der Waals surface area contributed by atoms with Crippen LogP contribution in [0.2, 0.25) is 0 Å². The van der Waals surface area contributed by atoms with E-state index >= 15 is 0 Å². The van der Waals surface area contributed by atoms with Gasteiger partial charge in [0, 0.05) is 24.7 Å². The minimum absolute atomic E-state index is 0.305. The maximum absolute atomic E-state index is 12.4. The van der Waals surface area contributed by atoms with Crippen LogP contribution in [0.25, 0.3) is 17.5 Å². The third-order valence-electron chi connectivity index (χ3n) is 5.14. The first-order valence-corrected chi connectivity index (χ1v) is 9.46. The number of aromatic amines is 1. The summed E-state index contributed by atoms with van der Waals surface area (Å²) in [5, 5.41) is 12.5. The van der Waals surface area contributed by atoms with Crippen LogP contribution < -0.4 is 5.56 Å². The fourth-order valence-corrected chi connectivity index (χ4v) is 3.41. The van der Waals surface area contributed by atoms with Gasteiger partial charge in [-0.1, -0.05) is 18.7 Å². The van der Waals surface area contributed by atoms with Crippen LogP contribution in [-0.2, 0) is 0 Å². The second-order valence-electron chi connectivity index (χ2n) is 6.72. The van der Waals surface area contributed by atoms with Crippen LogP contribution in [0.4, 0.5) is 0 Å². The molecule has 2 aromatic rings. The summed E-state index contributed by atoms with van der Waals surface area (Å²) in [6.07, 6.45) is 7.24. The highest BCUT2D eigenvalue weighted by atomic mass is 16.5. The van der Waals surface area contributed by atoms with Crippen LogP contribution in [0.15, 0.2) is 45.2 Å². The van der Waals surface area contributed by atoms with Crippen molar-refractivity contribution < 1.29 is 5.21 Å². The molecule has 1 aliphatic heterocycles. The molecular formula is C20H26N6O2. The van der Waals surface area contributed by atoms with E-state index in [0.29, 0.717) is 21.8 Å². The molecule has 0 amide bonds. The van der Waals surface area contributed by atoms with Crippen molar-refractivity contribution >= 4 is 11.8 Å². The van der Waals surface area contributed by atoms with Gasteiger partial charge in [0.05, 0.1) is 23.2 Å². The quantitative estimate of drug-likeness (QED) is 0.717. The fraction of sp³-hybridized carbons (Fsp3) is 0.400. The first kappa shape index (κ1) is 19.8. The number of aliphatic imine (C=N–C) groups is 1. The van der Waals surface area contributed by atoms with E-state index in [-0.39, 0.29) is 0 Å². The summed E-state index contributed by atoms with van der Waals surface area (Å²) in [6, 6.07) is 0. The molecule has 0 fully saturated rings. The lowest BCUT2D eigenvalue weighted by Crippen LogP contribution is -2.24. The predicted molar refractivity (Wildman–Crippen MR) is 109 cm³/mol. The van der Waals surface area contributed by atoms with Gasteiger partial charge in [-0.25, -0.2) is 0 Å². The van der Waals surface area contributed by atoms with Crippen LogP contribution in [0.5, 0.6) is 0 Å². The van der Waals surface area contributed by atoms with Gasteiger partial charge in [-0.15, -0.1) is 0 Å².